The number of nitrogens with zero attached hydrogens (tertiary/aromatic N) is 5. The van der Waals surface area contributed by atoms with Gasteiger partial charge < -0.3 is 14.2 Å². The molecule has 4 rings (SSSR count). The number of benzene rings is 1. The van der Waals surface area contributed by atoms with Crippen LogP contribution >= 0.6 is 0 Å². The highest BCUT2D eigenvalue weighted by Crippen LogP contribution is 2.30. The second-order valence-corrected chi connectivity index (χ2v) is 8.86. The number of hydrogen-bond donors (Lipinski definition) is 0. The average molecular weight is 482 g/mol. The van der Waals surface area contributed by atoms with Gasteiger partial charge in [-0.3, -0.25) is 14.0 Å². The number of halogens is 3. The van der Waals surface area contributed by atoms with E-state index in [4.69, 9.17) is 0 Å². The first kappa shape index (κ1) is 24.5. The van der Waals surface area contributed by atoms with Gasteiger partial charge in [-0.2, -0.15) is 13.2 Å². The van der Waals surface area contributed by atoms with Crippen LogP contribution in [-0.2, 0) is 28.3 Å². The van der Waals surface area contributed by atoms with Crippen LogP contribution in [0.25, 0.3) is 11.5 Å². The Morgan fingerprint density at radius 1 is 1.12 bits per heavy atom. The molecule has 176 valence electrons. The fraction of sp³-hybridized carbons (Fsp3) is 0.333. The van der Waals surface area contributed by atoms with Crippen molar-refractivity contribution in [3.63, 3.8) is 0 Å². The van der Waals surface area contributed by atoms with Crippen molar-refractivity contribution in [1.82, 2.24) is 20.1 Å². The molecule has 3 heterocycles. The predicted octanol–water partition coefficient (Wildman–Crippen LogP) is 2.99. The lowest BCUT2D eigenvalue weighted by Crippen LogP contribution is -2.34. The zero-order valence-electron chi connectivity index (χ0n) is 17.7. The third-order valence-electron chi connectivity index (χ3n) is 4.69. The molecule has 12 heteroatoms. The molecule has 1 aliphatic heterocycles. The lowest BCUT2D eigenvalue weighted by atomic mass is 10.2. The summed E-state index contributed by atoms with van der Waals surface area (Å²) in [6.45, 7) is 2.23. The molecule has 0 N–H and O–H groups in total. The normalized spacial score (nSPS) is 14.9. The zero-order chi connectivity index (χ0) is 23.8. The maximum absolute atomic E-state index is 12.5. The van der Waals surface area contributed by atoms with Gasteiger partial charge >= 0.3 is 12.1 Å². The molecule has 1 amide bonds. The second kappa shape index (κ2) is 11.1. The Balaban J connectivity index is 0.000000323. The molecule has 0 aliphatic carbocycles. The molecule has 0 spiro atoms. The highest BCUT2D eigenvalue weighted by molar-refractivity contribution is 7.85. The smallest absolute Gasteiger partial charge is 0.413 e. The summed E-state index contributed by atoms with van der Waals surface area (Å²) >= 11 is 0. The van der Waals surface area contributed by atoms with Gasteiger partial charge in [-0.05, 0) is 31.3 Å². The van der Waals surface area contributed by atoms with Gasteiger partial charge in [0.25, 0.3) is 0 Å². The summed E-state index contributed by atoms with van der Waals surface area (Å²) in [5.74, 6) is 0.0527. The highest BCUT2D eigenvalue weighted by Gasteiger charge is 2.38. The Bertz CT molecular complexity index is 1050. The van der Waals surface area contributed by atoms with Gasteiger partial charge in [0.05, 0.1) is 17.8 Å². The first-order chi connectivity index (χ1) is 15.8. The van der Waals surface area contributed by atoms with Crippen LogP contribution in [0.5, 0.6) is 0 Å². The van der Waals surface area contributed by atoms with Gasteiger partial charge in [0, 0.05) is 47.3 Å². The van der Waals surface area contributed by atoms with Crippen molar-refractivity contribution in [2.24, 2.45) is 0 Å². The Kier molecular flexibility index (Phi) is 8.28. The van der Waals surface area contributed by atoms with Gasteiger partial charge in [0.1, 0.15) is 0 Å². The summed E-state index contributed by atoms with van der Waals surface area (Å²) in [6.07, 6.45) is -2.70. The number of carbonyl (C=O) groups excluding carboxylic acids is 1. The van der Waals surface area contributed by atoms with Crippen LogP contribution in [0.2, 0.25) is 0 Å². The first-order valence-corrected chi connectivity index (χ1v) is 11.4. The van der Waals surface area contributed by atoms with E-state index in [1.807, 2.05) is 6.07 Å². The van der Waals surface area contributed by atoms with E-state index in [1.54, 1.807) is 30.3 Å². The number of alkyl halides is 3. The lowest BCUT2D eigenvalue weighted by molar-refractivity contribution is -0.156. The number of anilines is 1. The fourth-order valence-corrected chi connectivity index (χ4v) is 4.05. The topological polar surface area (TPSA) is 92.4 Å². The molecule has 1 aliphatic rings. The van der Waals surface area contributed by atoms with Crippen LogP contribution in [-0.4, -0.2) is 62.3 Å². The van der Waals surface area contributed by atoms with E-state index < -0.39 is 22.9 Å². The molecule has 0 atom stereocenters. The minimum Gasteiger partial charge on any atom is -0.413 e. The van der Waals surface area contributed by atoms with E-state index in [2.05, 4.69) is 31.5 Å². The SMILES string of the molecule is CN1CCS(=O)CC1.O=CN(Cc1ccc(-c2nnc(C(F)(F)F)o2)cn1)c1ccccc1. The molecule has 1 saturated heterocycles. The number of pyridine rings is 1. The van der Waals surface area contributed by atoms with Crippen LogP contribution in [0, 0.1) is 0 Å². The fourth-order valence-electron chi connectivity index (χ4n) is 2.81. The van der Waals surface area contributed by atoms with E-state index in [0.29, 0.717) is 17.8 Å². The number of amides is 1. The van der Waals surface area contributed by atoms with Crippen molar-refractivity contribution in [1.29, 1.82) is 0 Å². The number of rotatable bonds is 5. The van der Waals surface area contributed by atoms with Crippen molar-refractivity contribution in [3.8, 4) is 11.5 Å². The van der Waals surface area contributed by atoms with Crippen molar-refractivity contribution in [2.45, 2.75) is 12.7 Å². The number of para-hydroxylation sites is 1. The summed E-state index contributed by atoms with van der Waals surface area (Å²) < 4.78 is 52.7. The average Bonchev–Trinajstić information content (AvgIpc) is 3.32. The van der Waals surface area contributed by atoms with Gasteiger partial charge in [0.15, 0.2) is 0 Å². The molecular weight excluding hydrogens is 459 g/mol. The maximum Gasteiger partial charge on any atom is 0.470 e. The number of hydrogen-bond acceptors (Lipinski definition) is 7. The summed E-state index contributed by atoms with van der Waals surface area (Å²) in [5.41, 5.74) is 1.51. The predicted molar refractivity (Wildman–Crippen MR) is 117 cm³/mol. The number of carbonyl (C=O) groups is 1. The molecule has 0 radical (unpaired) electrons. The molecule has 8 nitrogen and oxygen atoms in total. The molecule has 1 fully saturated rings. The van der Waals surface area contributed by atoms with E-state index in [1.165, 1.54) is 17.2 Å². The van der Waals surface area contributed by atoms with Gasteiger partial charge in [0.2, 0.25) is 12.3 Å². The first-order valence-electron chi connectivity index (χ1n) is 9.93. The van der Waals surface area contributed by atoms with Crippen molar-refractivity contribution in [2.75, 3.05) is 36.5 Å². The van der Waals surface area contributed by atoms with Crippen molar-refractivity contribution in [3.05, 3.63) is 60.2 Å². The highest BCUT2D eigenvalue weighted by atomic mass is 32.2. The van der Waals surface area contributed by atoms with Crippen LogP contribution < -0.4 is 4.90 Å². The number of aromatic nitrogens is 3. The molecule has 2 aromatic heterocycles. The van der Waals surface area contributed by atoms with Crippen molar-refractivity contribution < 1.29 is 26.6 Å². The standard InChI is InChI=1S/C16H11F3N4O2.C5H11NOS/c17-16(18,19)15-22-21-14(25-15)11-6-7-12(20-8-11)9-23(10-24)13-4-2-1-3-5-13;1-6-2-4-8(7)5-3-6/h1-8,10H,9H2;2-5H2,1H3. The minimum absolute atomic E-state index is 0.214. The molecule has 3 aromatic rings. The van der Waals surface area contributed by atoms with E-state index >= 15 is 0 Å². The third kappa shape index (κ3) is 7.19. The molecular formula is C21H22F3N5O3S. The maximum atomic E-state index is 12.5. The lowest BCUT2D eigenvalue weighted by Gasteiger charge is -2.20. The third-order valence-corrected chi connectivity index (χ3v) is 5.96. The Morgan fingerprint density at radius 3 is 2.33 bits per heavy atom. The molecule has 0 saturated carbocycles. The van der Waals surface area contributed by atoms with Gasteiger partial charge in [-0.1, -0.05) is 18.2 Å². The van der Waals surface area contributed by atoms with Crippen LogP contribution in [0.3, 0.4) is 0 Å². The molecule has 1 aromatic carbocycles. The van der Waals surface area contributed by atoms with Crippen molar-refractivity contribution >= 4 is 22.9 Å². The Hall–Kier alpha value is -3.12. The minimum atomic E-state index is -4.70. The van der Waals surface area contributed by atoms with Crippen LogP contribution in [0.1, 0.15) is 11.6 Å². The summed E-state index contributed by atoms with van der Waals surface area (Å²) in [4.78, 5) is 19.0. The Labute approximate surface area is 190 Å². The van der Waals surface area contributed by atoms with Crippen LogP contribution in [0.15, 0.2) is 53.1 Å². The monoisotopic (exact) mass is 481 g/mol. The quantitative estimate of drug-likeness (QED) is 0.518. The largest absolute Gasteiger partial charge is 0.470 e. The van der Waals surface area contributed by atoms with Crippen LogP contribution in [0.4, 0.5) is 18.9 Å². The summed E-state index contributed by atoms with van der Waals surface area (Å²) in [5, 5.41) is 6.33. The van der Waals surface area contributed by atoms with Gasteiger partial charge in [-0.25, -0.2) is 0 Å². The molecule has 33 heavy (non-hydrogen) atoms. The van der Waals surface area contributed by atoms with Gasteiger partial charge in [-0.15, -0.1) is 10.2 Å². The Morgan fingerprint density at radius 2 is 1.82 bits per heavy atom. The second-order valence-electron chi connectivity index (χ2n) is 7.17. The summed E-state index contributed by atoms with van der Waals surface area (Å²) in [6, 6.07) is 12.1. The van der Waals surface area contributed by atoms with E-state index in [0.717, 1.165) is 24.6 Å². The zero-order valence-corrected chi connectivity index (χ0v) is 18.6. The van der Waals surface area contributed by atoms with E-state index in [-0.39, 0.29) is 18.0 Å². The molecule has 0 unspecified atom stereocenters. The molecule has 0 bridgehead atoms. The van der Waals surface area contributed by atoms with E-state index in [9.17, 15) is 22.2 Å². The summed E-state index contributed by atoms with van der Waals surface area (Å²) in [7, 11) is 1.56.